The van der Waals surface area contributed by atoms with Gasteiger partial charge in [0.15, 0.2) is 0 Å². The van der Waals surface area contributed by atoms with E-state index in [2.05, 4.69) is 25.4 Å². The van der Waals surface area contributed by atoms with E-state index < -0.39 is 22.7 Å². The van der Waals surface area contributed by atoms with Gasteiger partial charge >= 0.3 is 11.9 Å². The molecule has 2 atom stereocenters. The molecule has 13 heavy (non-hydrogen) atoms. The van der Waals surface area contributed by atoms with E-state index in [0.29, 0.717) is 6.42 Å². The Balaban J connectivity index is 4.39. The van der Waals surface area contributed by atoms with E-state index in [1.807, 2.05) is 0 Å². The van der Waals surface area contributed by atoms with Gasteiger partial charge in [-0.2, -0.15) is 0 Å². The molecule has 0 aromatic heterocycles. The summed E-state index contributed by atoms with van der Waals surface area (Å²) in [6.07, 6.45) is 0.525. The zero-order valence-corrected chi connectivity index (χ0v) is 9.46. The van der Waals surface area contributed by atoms with Crippen LogP contribution in [0.3, 0.4) is 0 Å². The van der Waals surface area contributed by atoms with Gasteiger partial charge in [-0.15, -0.1) is 0 Å². The molecule has 0 unspecified atom stereocenters. The van der Waals surface area contributed by atoms with E-state index in [0.717, 1.165) is 0 Å². The number of rotatable bonds is 4. The van der Waals surface area contributed by atoms with E-state index in [9.17, 15) is 9.59 Å². The van der Waals surface area contributed by atoms with Crippen LogP contribution in [0.25, 0.3) is 0 Å². The number of methoxy groups -OCH3 is 2. The van der Waals surface area contributed by atoms with Crippen LogP contribution in [0.5, 0.6) is 0 Å². The van der Waals surface area contributed by atoms with Crippen molar-refractivity contribution in [3.05, 3.63) is 0 Å². The fourth-order valence-corrected chi connectivity index (χ4v) is 1.70. The van der Waals surface area contributed by atoms with E-state index in [4.69, 9.17) is 0 Å². The van der Waals surface area contributed by atoms with Crippen molar-refractivity contribution in [2.45, 2.75) is 18.2 Å². The molecule has 0 rings (SSSR count). The highest BCUT2D eigenvalue weighted by Gasteiger charge is 2.31. The van der Waals surface area contributed by atoms with Gasteiger partial charge in [-0.05, 0) is 6.42 Å². The molecule has 0 aromatic rings. The van der Waals surface area contributed by atoms with E-state index >= 15 is 0 Å². The number of carbonyl (C=O) groups is 2. The largest absolute Gasteiger partial charge is 0.469 e. The fourth-order valence-electron chi connectivity index (χ4n) is 0.921. The maximum absolute atomic E-state index is 11.1. The summed E-state index contributed by atoms with van der Waals surface area (Å²) in [5, 5.41) is 0. The van der Waals surface area contributed by atoms with Crippen LogP contribution >= 0.6 is 15.9 Å². The highest BCUT2D eigenvalue weighted by molar-refractivity contribution is 9.10. The van der Waals surface area contributed by atoms with Crippen molar-refractivity contribution in [2.24, 2.45) is 5.92 Å². The van der Waals surface area contributed by atoms with Crippen LogP contribution in [-0.2, 0) is 19.1 Å². The van der Waals surface area contributed by atoms with Crippen molar-refractivity contribution < 1.29 is 19.1 Å². The smallest absolute Gasteiger partial charge is 0.320 e. The number of alkyl halides is 1. The maximum atomic E-state index is 11.1. The molecule has 0 N–H and O–H groups in total. The van der Waals surface area contributed by atoms with Crippen LogP contribution in [0.4, 0.5) is 0 Å². The average molecular weight is 253 g/mol. The van der Waals surface area contributed by atoms with Crippen molar-refractivity contribution in [2.75, 3.05) is 14.2 Å². The van der Waals surface area contributed by atoms with Crippen LogP contribution < -0.4 is 0 Å². The topological polar surface area (TPSA) is 52.6 Å². The Morgan fingerprint density at radius 3 is 2.00 bits per heavy atom. The van der Waals surface area contributed by atoms with Gasteiger partial charge in [-0.25, -0.2) is 0 Å². The molecule has 5 heteroatoms. The number of ether oxygens (including phenoxy) is 2. The van der Waals surface area contributed by atoms with Crippen LogP contribution in [-0.4, -0.2) is 31.0 Å². The predicted octanol–water partition coefficient (Wildman–Crippen LogP) is 1.12. The van der Waals surface area contributed by atoms with E-state index in [1.54, 1.807) is 6.92 Å². The molecule has 4 nitrogen and oxygen atoms in total. The zero-order chi connectivity index (χ0) is 10.4. The minimum absolute atomic E-state index is 0.408. The minimum atomic E-state index is -0.630. The summed E-state index contributed by atoms with van der Waals surface area (Å²) in [6.45, 7) is 1.80. The van der Waals surface area contributed by atoms with Gasteiger partial charge < -0.3 is 9.47 Å². The van der Waals surface area contributed by atoms with Crippen molar-refractivity contribution >= 4 is 27.9 Å². The Bertz CT molecular complexity index is 193. The first-order valence-corrected chi connectivity index (χ1v) is 4.79. The summed E-state index contributed by atoms with van der Waals surface area (Å²) in [7, 11) is 2.57. The number of hydrogen-bond acceptors (Lipinski definition) is 4. The summed E-state index contributed by atoms with van der Waals surface area (Å²) >= 11 is 3.10. The molecule has 0 radical (unpaired) electrons. The molecule has 0 saturated heterocycles. The SMILES string of the molecule is CC[C@@H](C(=O)OC)[C@H](Br)C(=O)OC. The number of hydrogen-bond donors (Lipinski definition) is 0. The lowest BCUT2D eigenvalue weighted by atomic mass is 10.0. The molecule has 0 amide bonds. The average Bonchev–Trinajstić information content (AvgIpc) is 2.17. The molecular weight excluding hydrogens is 240 g/mol. The first-order chi connectivity index (χ1) is 6.08. The molecule has 0 aliphatic heterocycles. The number of halogens is 1. The summed E-state index contributed by atoms with van der Waals surface area (Å²) in [5.74, 6) is -1.36. The summed E-state index contributed by atoms with van der Waals surface area (Å²) in [4.78, 5) is 21.6. The molecule has 0 fully saturated rings. The molecule has 0 spiro atoms. The van der Waals surface area contributed by atoms with Gasteiger partial charge in [0.2, 0.25) is 0 Å². The van der Waals surface area contributed by atoms with Crippen LogP contribution in [0.1, 0.15) is 13.3 Å². The molecule has 0 aliphatic carbocycles. The first kappa shape index (κ1) is 12.4. The monoisotopic (exact) mass is 252 g/mol. The Kier molecular flexibility index (Phi) is 5.70. The molecule has 0 bridgehead atoms. The van der Waals surface area contributed by atoms with Crippen molar-refractivity contribution in [3.63, 3.8) is 0 Å². The normalized spacial score (nSPS) is 14.5. The molecule has 0 saturated carbocycles. The van der Waals surface area contributed by atoms with Crippen LogP contribution in [0.2, 0.25) is 0 Å². The van der Waals surface area contributed by atoms with Gasteiger partial charge in [-0.1, -0.05) is 22.9 Å². The zero-order valence-electron chi connectivity index (χ0n) is 7.87. The second-order valence-electron chi connectivity index (χ2n) is 2.46. The van der Waals surface area contributed by atoms with E-state index in [1.165, 1.54) is 14.2 Å². The molecule has 0 aromatic carbocycles. The lowest BCUT2D eigenvalue weighted by Gasteiger charge is -2.16. The number of carbonyl (C=O) groups excluding carboxylic acids is 2. The van der Waals surface area contributed by atoms with Gasteiger partial charge in [0.05, 0.1) is 20.1 Å². The molecular formula is C8H13BrO4. The maximum Gasteiger partial charge on any atom is 0.320 e. The van der Waals surface area contributed by atoms with E-state index in [-0.39, 0.29) is 0 Å². The Morgan fingerprint density at radius 1 is 1.23 bits per heavy atom. The first-order valence-electron chi connectivity index (χ1n) is 3.88. The Morgan fingerprint density at radius 2 is 1.69 bits per heavy atom. The highest BCUT2D eigenvalue weighted by atomic mass is 79.9. The fraction of sp³-hybridized carbons (Fsp3) is 0.750. The Labute approximate surface area is 85.7 Å². The van der Waals surface area contributed by atoms with Crippen LogP contribution in [0.15, 0.2) is 0 Å². The quantitative estimate of drug-likeness (QED) is 0.556. The minimum Gasteiger partial charge on any atom is -0.469 e. The lowest BCUT2D eigenvalue weighted by molar-refractivity contribution is -0.151. The third-order valence-corrected chi connectivity index (χ3v) is 2.74. The van der Waals surface area contributed by atoms with Crippen molar-refractivity contribution in [1.29, 1.82) is 0 Å². The molecule has 0 aliphatic rings. The highest BCUT2D eigenvalue weighted by Crippen LogP contribution is 2.19. The number of esters is 2. The lowest BCUT2D eigenvalue weighted by Crippen LogP contribution is -2.31. The second-order valence-corrected chi connectivity index (χ2v) is 3.45. The van der Waals surface area contributed by atoms with Gasteiger partial charge in [0.25, 0.3) is 0 Å². The van der Waals surface area contributed by atoms with Gasteiger partial charge in [0, 0.05) is 0 Å². The molecule has 0 heterocycles. The predicted molar refractivity (Wildman–Crippen MR) is 50.5 cm³/mol. The van der Waals surface area contributed by atoms with Crippen molar-refractivity contribution in [3.8, 4) is 0 Å². The van der Waals surface area contributed by atoms with Gasteiger partial charge in [-0.3, -0.25) is 9.59 Å². The third-order valence-electron chi connectivity index (χ3n) is 1.72. The summed E-state index contributed by atoms with van der Waals surface area (Å²) < 4.78 is 9.04. The molecule has 76 valence electrons. The summed E-state index contributed by atoms with van der Waals surface area (Å²) in [5.41, 5.74) is 0. The summed E-state index contributed by atoms with van der Waals surface area (Å²) in [6, 6.07) is 0. The van der Waals surface area contributed by atoms with Crippen molar-refractivity contribution in [1.82, 2.24) is 0 Å². The van der Waals surface area contributed by atoms with Gasteiger partial charge in [0.1, 0.15) is 4.83 Å². The van der Waals surface area contributed by atoms with Crippen LogP contribution in [0, 0.1) is 5.92 Å². The standard InChI is InChI=1S/C8H13BrO4/c1-4-5(7(10)12-2)6(9)8(11)13-3/h5-6H,4H2,1-3H3/t5-,6+/m1/s1. The second kappa shape index (κ2) is 5.96. The third kappa shape index (κ3) is 3.34. The Hall–Kier alpha value is -0.580.